The zero-order valence-corrected chi connectivity index (χ0v) is 12.0. The third-order valence-electron chi connectivity index (χ3n) is 3.27. The summed E-state index contributed by atoms with van der Waals surface area (Å²) in [5.41, 5.74) is 6.56. The molecule has 3 N–H and O–H groups in total. The number of aromatic nitrogens is 2. The van der Waals surface area contributed by atoms with Crippen LogP contribution in [0.1, 0.15) is 12.8 Å². The predicted octanol–water partition coefficient (Wildman–Crippen LogP) is 2.50. The van der Waals surface area contributed by atoms with E-state index in [4.69, 9.17) is 14.9 Å². The van der Waals surface area contributed by atoms with Crippen molar-refractivity contribution in [2.45, 2.75) is 18.9 Å². The van der Waals surface area contributed by atoms with E-state index in [0.717, 1.165) is 18.4 Å². The van der Waals surface area contributed by atoms with Crippen LogP contribution < -0.4 is 15.8 Å². The Kier molecular flexibility index (Phi) is 4.34. The molecule has 116 valence electrons. The average Bonchev–Trinajstić information content (AvgIpc) is 3.24. The molecule has 6 nitrogen and oxygen atoms in total. The third-order valence-corrected chi connectivity index (χ3v) is 3.27. The minimum atomic E-state index is 0.127. The van der Waals surface area contributed by atoms with Crippen LogP contribution in [-0.2, 0) is 0 Å². The van der Waals surface area contributed by atoms with Gasteiger partial charge in [-0.05, 0) is 37.1 Å². The van der Waals surface area contributed by atoms with Crippen LogP contribution in [0.5, 0.6) is 5.75 Å². The van der Waals surface area contributed by atoms with Crippen LogP contribution in [0, 0.1) is 0 Å². The van der Waals surface area contributed by atoms with Crippen LogP contribution in [0.25, 0.3) is 11.5 Å². The predicted molar refractivity (Wildman–Crippen MR) is 80.1 cm³/mol. The minimum absolute atomic E-state index is 0.127. The largest absolute Gasteiger partial charge is 0.489 e. The number of ether oxygens (including phenoxy) is 1. The highest BCUT2D eigenvalue weighted by Crippen LogP contribution is 2.27. The number of anilines is 1. The lowest BCUT2D eigenvalue weighted by atomic mass is 10.2. The number of halogens is 1. The number of rotatable bonds is 7. The van der Waals surface area contributed by atoms with E-state index in [-0.39, 0.29) is 13.2 Å². The molecule has 1 aromatic heterocycles. The second-order valence-electron chi connectivity index (χ2n) is 5.12. The molecule has 1 aromatic carbocycles. The molecule has 0 radical (unpaired) electrons. The summed E-state index contributed by atoms with van der Waals surface area (Å²) in [6.07, 6.45) is 2.75. The zero-order valence-electron chi connectivity index (χ0n) is 12.0. The summed E-state index contributed by atoms with van der Waals surface area (Å²) in [5.74, 6) is 1.06. The van der Waals surface area contributed by atoms with Gasteiger partial charge in [-0.15, -0.1) is 5.10 Å². The highest BCUT2D eigenvalue weighted by Gasteiger charge is 2.23. The van der Waals surface area contributed by atoms with Crippen molar-refractivity contribution >= 4 is 6.01 Å². The zero-order chi connectivity index (χ0) is 15.4. The van der Waals surface area contributed by atoms with Crippen LogP contribution in [0.4, 0.5) is 10.4 Å². The fourth-order valence-corrected chi connectivity index (χ4v) is 1.81. The number of hydrogen-bond donors (Lipinski definition) is 2. The van der Waals surface area contributed by atoms with Gasteiger partial charge in [0.05, 0.1) is 6.33 Å². The maximum atomic E-state index is 12.4. The Labute approximate surface area is 127 Å². The van der Waals surface area contributed by atoms with Gasteiger partial charge < -0.3 is 20.2 Å². The summed E-state index contributed by atoms with van der Waals surface area (Å²) in [6, 6.07) is 8.05. The van der Waals surface area contributed by atoms with E-state index in [1.54, 1.807) is 12.1 Å². The monoisotopic (exact) mass is 304 g/mol. The number of nitrogens with two attached hydrogens (primary N) is 1. The summed E-state index contributed by atoms with van der Waals surface area (Å²) in [6.45, 7) is 0.260. The lowest BCUT2D eigenvalue weighted by Gasteiger charge is -2.07. The summed E-state index contributed by atoms with van der Waals surface area (Å²) in [7, 11) is 0. The van der Waals surface area contributed by atoms with Gasteiger partial charge in [-0.25, -0.2) is 4.39 Å². The van der Waals surface area contributed by atoms with Crippen LogP contribution in [0.15, 0.2) is 40.6 Å². The minimum Gasteiger partial charge on any atom is -0.489 e. The molecule has 22 heavy (non-hydrogen) atoms. The first-order chi connectivity index (χ1) is 10.8. The number of benzene rings is 1. The molecule has 7 heteroatoms. The maximum Gasteiger partial charge on any atom is 0.315 e. The fourth-order valence-electron chi connectivity index (χ4n) is 1.81. The van der Waals surface area contributed by atoms with Gasteiger partial charge in [-0.2, -0.15) is 0 Å². The SMILES string of the molecule is NC/C(=C\F)COc1ccc(-c2nnc(NC3CC3)o2)cc1. The van der Waals surface area contributed by atoms with Crippen molar-refractivity contribution in [1.82, 2.24) is 10.2 Å². The van der Waals surface area contributed by atoms with Crippen molar-refractivity contribution in [1.29, 1.82) is 0 Å². The first-order valence-corrected chi connectivity index (χ1v) is 7.10. The molecule has 0 atom stereocenters. The van der Waals surface area contributed by atoms with E-state index in [9.17, 15) is 4.39 Å². The molecule has 1 saturated carbocycles. The van der Waals surface area contributed by atoms with E-state index < -0.39 is 0 Å². The molecule has 0 saturated heterocycles. The molecule has 0 aliphatic heterocycles. The van der Waals surface area contributed by atoms with Gasteiger partial charge in [0.2, 0.25) is 5.89 Å². The lowest BCUT2D eigenvalue weighted by molar-refractivity contribution is 0.347. The number of hydrogen-bond acceptors (Lipinski definition) is 6. The summed E-state index contributed by atoms with van der Waals surface area (Å²) in [4.78, 5) is 0. The standard InChI is InChI=1S/C15H17FN4O2/c16-7-10(8-17)9-21-13-5-1-11(2-6-13)14-19-20-15(22-14)18-12-3-4-12/h1-2,5-7,12H,3-4,8-9,17H2,(H,18,20)/b10-7+. The van der Waals surface area contributed by atoms with E-state index >= 15 is 0 Å². The van der Waals surface area contributed by atoms with Crippen molar-refractivity contribution in [3.63, 3.8) is 0 Å². The van der Waals surface area contributed by atoms with Crippen LogP contribution >= 0.6 is 0 Å². The third kappa shape index (κ3) is 3.62. The normalized spacial score (nSPS) is 14.9. The molecule has 0 unspecified atom stereocenters. The molecule has 0 spiro atoms. The molecular formula is C15H17FN4O2. The smallest absolute Gasteiger partial charge is 0.315 e. The highest BCUT2D eigenvalue weighted by molar-refractivity contribution is 5.55. The topological polar surface area (TPSA) is 86.2 Å². The van der Waals surface area contributed by atoms with Gasteiger partial charge in [0.15, 0.2) is 0 Å². The molecular weight excluding hydrogens is 287 g/mol. The van der Waals surface area contributed by atoms with E-state index in [2.05, 4.69) is 15.5 Å². The second-order valence-corrected chi connectivity index (χ2v) is 5.12. The van der Waals surface area contributed by atoms with E-state index in [1.165, 1.54) is 0 Å². The van der Waals surface area contributed by atoms with E-state index in [1.807, 2.05) is 12.1 Å². The molecule has 1 fully saturated rings. The molecule has 1 heterocycles. The Hall–Kier alpha value is -2.41. The van der Waals surface area contributed by atoms with Gasteiger partial charge in [0.25, 0.3) is 0 Å². The summed E-state index contributed by atoms with van der Waals surface area (Å²) >= 11 is 0. The molecule has 2 aromatic rings. The Morgan fingerprint density at radius 3 is 2.77 bits per heavy atom. The van der Waals surface area contributed by atoms with Crippen molar-refractivity contribution in [2.75, 3.05) is 18.5 Å². The fraction of sp³-hybridized carbons (Fsp3) is 0.333. The number of nitrogens with one attached hydrogen (secondary N) is 1. The second kappa shape index (κ2) is 6.57. The van der Waals surface area contributed by atoms with Gasteiger partial charge in [0, 0.05) is 23.7 Å². The van der Waals surface area contributed by atoms with Crippen LogP contribution in [0.2, 0.25) is 0 Å². The first-order valence-electron chi connectivity index (χ1n) is 7.10. The molecule has 1 aliphatic rings. The Balaban J connectivity index is 1.61. The van der Waals surface area contributed by atoms with Crippen LogP contribution in [0.3, 0.4) is 0 Å². The summed E-state index contributed by atoms with van der Waals surface area (Å²) < 4.78 is 23.4. The van der Waals surface area contributed by atoms with Crippen molar-refractivity contribution in [3.8, 4) is 17.2 Å². The van der Waals surface area contributed by atoms with Gasteiger partial charge in [-0.1, -0.05) is 5.10 Å². The Morgan fingerprint density at radius 1 is 1.36 bits per heavy atom. The average molecular weight is 304 g/mol. The Morgan fingerprint density at radius 2 is 2.14 bits per heavy atom. The maximum absolute atomic E-state index is 12.4. The van der Waals surface area contributed by atoms with Gasteiger partial charge >= 0.3 is 6.01 Å². The lowest BCUT2D eigenvalue weighted by Crippen LogP contribution is -2.10. The van der Waals surface area contributed by atoms with E-state index in [0.29, 0.717) is 35.6 Å². The van der Waals surface area contributed by atoms with Crippen LogP contribution in [-0.4, -0.2) is 29.4 Å². The van der Waals surface area contributed by atoms with Crippen molar-refractivity contribution in [2.24, 2.45) is 5.73 Å². The molecule has 0 amide bonds. The quantitative estimate of drug-likeness (QED) is 0.817. The molecule has 1 aliphatic carbocycles. The van der Waals surface area contributed by atoms with Gasteiger partial charge in [-0.3, -0.25) is 0 Å². The number of nitrogens with zero attached hydrogens (tertiary/aromatic N) is 2. The van der Waals surface area contributed by atoms with Crippen molar-refractivity contribution in [3.05, 3.63) is 36.2 Å². The van der Waals surface area contributed by atoms with Gasteiger partial charge in [0.1, 0.15) is 12.4 Å². The highest BCUT2D eigenvalue weighted by atomic mass is 19.1. The molecule has 0 bridgehead atoms. The first kappa shape index (κ1) is 14.5. The summed E-state index contributed by atoms with van der Waals surface area (Å²) in [5, 5.41) is 11.1. The Bertz CT molecular complexity index is 650. The van der Waals surface area contributed by atoms with Crippen molar-refractivity contribution < 1.29 is 13.5 Å². The molecule has 3 rings (SSSR count).